The number of aliphatic hydroxyl groups is 1. The van der Waals surface area contributed by atoms with E-state index < -0.39 is 12.3 Å². The average molecular weight is 417 g/mol. The van der Waals surface area contributed by atoms with Crippen LogP contribution in [0.2, 0.25) is 0 Å². The highest BCUT2D eigenvalue weighted by atomic mass is 16.6. The maximum Gasteiger partial charge on any atom is 0.308 e. The lowest BCUT2D eigenvalue weighted by atomic mass is 9.45. The first-order valence-corrected chi connectivity index (χ1v) is 11.8. The van der Waals surface area contributed by atoms with Gasteiger partial charge in [0.05, 0.1) is 0 Å². The van der Waals surface area contributed by atoms with Crippen LogP contribution in [0, 0.1) is 40.4 Å². The first kappa shape index (κ1) is 21.7. The molecule has 30 heavy (non-hydrogen) atoms. The monoisotopic (exact) mass is 416 g/mol. The van der Waals surface area contributed by atoms with Crippen molar-refractivity contribution in [2.24, 2.45) is 40.4 Å². The van der Waals surface area contributed by atoms with Gasteiger partial charge in [-0.1, -0.05) is 33.3 Å². The van der Waals surface area contributed by atoms with E-state index in [4.69, 9.17) is 4.74 Å². The van der Waals surface area contributed by atoms with Gasteiger partial charge in [-0.15, -0.1) is 0 Å². The van der Waals surface area contributed by atoms with Crippen molar-refractivity contribution >= 4 is 17.5 Å². The Morgan fingerprint density at radius 2 is 1.93 bits per heavy atom. The SMILES string of the molecule is CCC(=O)OC(O)C(=O)[C@H]1CC[C@H]2[C@@H]3C[C@H](C)C4=CC(=O)CC[C@]4(C)[C@H]3CC[C@]12C. The highest BCUT2D eigenvalue weighted by Crippen LogP contribution is 2.67. The van der Waals surface area contributed by atoms with Crippen molar-refractivity contribution in [3.63, 3.8) is 0 Å². The number of allylic oxidation sites excluding steroid dienone is 1. The number of aliphatic hydroxyl groups excluding tert-OH is 1. The van der Waals surface area contributed by atoms with E-state index in [1.807, 2.05) is 6.08 Å². The molecular weight excluding hydrogens is 380 g/mol. The molecule has 0 saturated heterocycles. The van der Waals surface area contributed by atoms with Crippen molar-refractivity contribution in [3.05, 3.63) is 11.6 Å². The summed E-state index contributed by atoms with van der Waals surface area (Å²) in [5, 5.41) is 10.2. The third-order valence-electron chi connectivity index (χ3n) is 9.40. The molecule has 0 spiro atoms. The van der Waals surface area contributed by atoms with Gasteiger partial charge in [-0.3, -0.25) is 14.4 Å². The van der Waals surface area contributed by atoms with E-state index in [1.54, 1.807) is 6.92 Å². The molecule has 4 aliphatic carbocycles. The summed E-state index contributed by atoms with van der Waals surface area (Å²) in [7, 11) is 0. The zero-order valence-corrected chi connectivity index (χ0v) is 18.8. The van der Waals surface area contributed by atoms with Gasteiger partial charge in [0.1, 0.15) is 0 Å². The molecule has 3 saturated carbocycles. The van der Waals surface area contributed by atoms with E-state index in [1.165, 1.54) is 5.57 Å². The van der Waals surface area contributed by atoms with E-state index in [0.717, 1.165) is 38.5 Å². The molecule has 0 aliphatic heterocycles. The Balaban J connectivity index is 1.58. The number of fused-ring (bicyclic) bond motifs is 5. The second-order valence-corrected chi connectivity index (χ2v) is 10.8. The van der Waals surface area contributed by atoms with Crippen molar-refractivity contribution in [3.8, 4) is 0 Å². The highest BCUT2D eigenvalue weighted by molar-refractivity contribution is 5.91. The average Bonchev–Trinajstić information content (AvgIpc) is 3.06. The number of rotatable bonds is 4. The summed E-state index contributed by atoms with van der Waals surface area (Å²) in [5.74, 6) is 1.10. The molecule has 0 aromatic carbocycles. The molecular formula is C25H36O5. The standard InChI is InChI=1S/C25H36O5/c1-5-21(27)30-23(29)22(28)19-7-6-17-16-12-14(2)20-13-15(26)8-10-25(20,4)18(16)9-11-24(17,19)3/h13-14,16-19,23,29H,5-12H2,1-4H3/t14-,16-,17-,18-,19+,23?,24-,25+/m0/s1. The fraction of sp³-hybridized carbons (Fsp3) is 0.800. The van der Waals surface area contributed by atoms with Gasteiger partial charge in [-0.25, -0.2) is 0 Å². The minimum atomic E-state index is -1.64. The quantitative estimate of drug-likeness (QED) is 0.548. The van der Waals surface area contributed by atoms with Gasteiger partial charge in [-0.2, -0.15) is 0 Å². The van der Waals surface area contributed by atoms with Crippen molar-refractivity contribution < 1.29 is 24.2 Å². The van der Waals surface area contributed by atoms with E-state index >= 15 is 0 Å². The maximum absolute atomic E-state index is 13.0. The second kappa shape index (κ2) is 7.58. The smallest absolute Gasteiger partial charge is 0.308 e. The summed E-state index contributed by atoms with van der Waals surface area (Å²) < 4.78 is 4.95. The third-order valence-corrected chi connectivity index (χ3v) is 9.40. The summed E-state index contributed by atoms with van der Waals surface area (Å²) in [5.41, 5.74) is 1.30. The first-order valence-electron chi connectivity index (χ1n) is 11.8. The Kier molecular flexibility index (Phi) is 5.49. The summed E-state index contributed by atoms with van der Waals surface area (Å²) >= 11 is 0. The topological polar surface area (TPSA) is 80.7 Å². The maximum atomic E-state index is 13.0. The van der Waals surface area contributed by atoms with Gasteiger partial charge in [0.2, 0.25) is 5.78 Å². The molecule has 166 valence electrons. The molecule has 3 fully saturated rings. The number of hydrogen-bond acceptors (Lipinski definition) is 5. The van der Waals surface area contributed by atoms with Crippen LogP contribution in [0.5, 0.6) is 0 Å². The molecule has 4 aliphatic rings. The number of Topliss-reactive ketones (excluding diaryl/α,β-unsaturated/α-hetero) is 1. The van der Waals surface area contributed by atoms with Gasteiger partial charge in [0.25, 0.3) is 6.29 Å². The molecule has 0 aromatic heterocycles. The van der Waals surface area contributed by atoms with E-state index in [9.17, 15) is 19.5 Å². The van der Waals surface area contributed by atoms with Gasteiger partial charge in [0, 0.05) is 18.8 Å². The van der Waals surface area contributed by atoms with Crippen LogP contribution < -0.4 is 0 Å². The summed E-state index contributed by atoms with van der Waals surface area (Å²) in [6.07, 6.45) is 6.88. The van der Waals surface area contributed by atoms with Crippen LogP contribution in [0.25, 0.3) is 0 Å². The molecule has 8 atom stereocenters. The number of ketones is 2. The normalized spacial score (nSPS) is 43.7. The lowest BCUT2D eigenvalue weighted by Gasteiger charge is -2.59. The summed E-state index contributed by atoms with van der Waals surface area (Å²) in [6, 6.07) is 0. The highest BCUT2D eigenvalue weighted by Gasteiger charge is 2.61. The summed E-state index contributed by atoms with van der Waals surface area (Å²) in [4.78, 5) is 36.7. The lowest BCUT2D eigenvalue weighted by Crippen LogP contribution is -2.53. The number of hydrogen-bond donors (Lipinski definition) is 1. The van der Waals surface area contributed by atoms with Crippen LogP contribution in [0.1, 0.15) is 79.1 Å². The van der Waals surface area contributed by atoms with Crippen LogP contribution in [-0.4, -0.2) is 28.9 Å². The number of esters is 1. The third kappa shape index (κ3) is 3.19. The summed E-state index contributed by atoms with van der Waals surface area (Å²) in [6.45, 7) is 8.50. The Labute approximate surface area is 179 Å². The molecule has 0 radical (unpaired) electrons. The predicted octanol–water partition coefficient (Wildman–Crippen LogP) is 4.22. The Bertz CT molecular complexity index is 784. The fourth-order valence-electron chi connectivity index (χ4n) is 7.89. The zero-order chi connectivity index (χ0) is 21.8. The van der Waals surface area contributed by atoms with Crippen molar-refractivity contribution in [1.29, 1.82) is 0 Å². The Hall–Kier alpha value is -1.49. The van der Waals surface area contributed by atoms with Crippen LogP contribution >= 0.6 is 0 Å². The molecule has 1 unspecified atom stereocenters. The largest absolute Gasteiger partial charge is 0.428 e. The van der Waals surface area contributed by atoms with E-state index in [-0.39, 0.29) is 34.7 Å². The van der Waals surface area contributed by atoms with Crippen molar-refractivity contribution in [2.75, 3.05) is 0 Å². The molecule has 0 bridgehead atoms. The minimum absolute atomic E-state index is 0.0931. The van der Waals surface area contributed by atoms with Crippen LogP contribution in [0.3, 0.4) is 0 Å². The van der Waals surface area contributed by atoms with Gasteiger partial charge in [0.15, 0.2) is 5.78 Å². The van der Waals surface area contributed by atoms with Gasteiger partial charge in [-0.05, 0) is 79.1 Å². The van der Waals surface area contributed by atoms with Crippen LogP contribution in [-0.2, 0) is 19.1 Å². The molecule has 0 heterocycles. The molecule has 0 amide bonds. The molecule has 5 heteroatoms. The minimum Gasteiger partial charge on any atom is -0.428 e. The molecule has 1 N–H and O–H groups in total. The number of carbonyl (C=O) groups excluding carboxylic acids is 3. The number of ether oxygens (including phenoxy) is 1. The Morgan fingerprint density at radius 1 is 1.20 bits per heavy atom. The van der Waals surface area contributed by atoms with Gasteiger partial charge >= 0.3 is 5.97 Å². The first-order chi connectivity index (χ1) is 14.1. The van der Waals surface area contributed by atoms with Crippen molar-refractivity contribution in [1.82, 2.24) is 0 Å². The lowest BCUT2D eigenvalue weighted by molar-refractivity contribution is -0.180. The molecule has 5 nitrogen and oxygen atoms in total. The fourth-order valence-corrected chi connectivity index (χ4v) is 7.89. The Morgan fingerprint density at radius 3 is 2.63 bits per heavy atom. The predicted molar refractivity (Wildman–Crippen MR) is 112 cm³/mol. The van der Waals surface area contributed by atoms with Crippen molar-refractivity contribution in [2.45, 2.75) is 85.4 Å². The molecule has 0 aromatic rings. The van der Waals surface area contributed by atoms with E-state index in [0.29, 0.717) is 30.1 Å². The van der Waals surface area contributed by atoms with Crippen LogP contribution in [0.15, 0.2) is 11.6 Å². The zero-order valence-electron chi connectivity index (χ0n) is 18.8. The van der Waals surface area contributed by atoms with E-state index in [2.05, 4.69) is 20.8 Å². The molecule has 4 rings (SSSR count). The number of carbonyl (C=O) groups is 3. The second-order valence-electron chi connectivity index (χ2n) is 10.8. The van der Waals surface area contributed by atoms with Crippen LogP contribution in [0.4, 0.5) is 0 Å². The van der Waals surface area contributed by atoms with Gasteiger partial charge < -0.3 is 9.84 Å².